The molecule has 33 heavy (non-hydrogen) atoms. The highest BCUT2D eigenvalue weighted by Gasteiger charge is 2.19. The number of aryl methyl sites for hydroxylation is 1. The van der Waals surface area contributed by atoms with Crippen molar-refractivity contribution in [1.29, 1.82) is 0 Å². The maximum absolute atomic E-state index is 12.3. The number of aliphatic hydroxyl groups excluding tert-OH is 1. The van der Waals surface area contributed by atoms with Crippen LogP contribution in [0.4, 0.5) is 0 Å². The molecule has 0 spiro atoms. The number of fused-ring (bicyclic) bond motifs is 1. The summed E-state index contributed by atoms with van der Waals surface area (Å²) in [6.45, 7) is 2.81. The molecule has 3 aromatic rings. The van der Waals surface area contributed by atoms with Crippen molar-refractivity contribution in [3.63, 3.8) is 0 Å². The van der Waals surface area contributed by atoms with E-state index in [2.05, 4.69) is 0 Å². The Balaban J connectivity index is 1.79. The summed E-state index contributed by atoms with van der Waals surface area (Å²) in [6, 6.07) is 8.38. The Kier molecular flexibility index (Phi) is 7.34. The van der Waals surface area contributed by atoms with Gasteiger partial charge in [0.15, 0.2) is 11.2 Å². The molecule has 1 unspecified atom stereocenters. The Labute approximate surface area is 188 Å². The fourth-order valence-electron chi connectivity index (χ4n) is 3.40. The van der Waals surface area contributed by atoms with Gasteiger partial charge in [0.05, 0.1) is 5.39 Å². The summed E-state index contributed by atoms with van der Waals surface area (Å²) in [5.74, 6) is -1.93. The molecule has 0 bridgehead atoms. The molecule has 9 heteroatoms. The second-order valence-electron chi connectivity index (χ2n) is 7.43. The van der Waals surface area contributed by atoms with Gasteiger partial charge in [0, 0.05) is 11.6 Å². The molecule has 0 aliphatic carbocycles. The summed E-state index contributed by atoms with van der Waals surface area (Å²) in [6.07, 6.45) is 0.0407. The van der Waals surface area contributed by atoms with Gasteiger partial charge in [0.25, 0.3) is 0 Å². The van der Waals surface area contributed by atoms with Crippen LogP contribution in [0, 0.1) is 0 Å². The van der Waals surface area contributed by atoms with Crippen molar-refractivity contribution in [2.75, 3.05) is 13.2 Å². The predicted octanol–water partition coefficient (Wildman–Crippen LogP) is 3.17. The number of carboxylic acids is 1. The molecular formula is C24H24O9. The summed E-state index contributed by atoms with van der Waals surface area (Å²) in [5, 5.41) is 29.6. The standard InChI is InChI=1S/C24H24O9/c1-3-5-16-19(9-8-15-18(28)10-21(24(29)30)33-23(15)16)31-11-14(26)12-32-20-7-4-6-17(27)22(20)13(2)25/h4,6-10,14,26-27H,3,5,11-12H2,1-2H3,(H,29,30). The van der Waals surface area contributed by atoms with Crippen LogP contribution >= 0.6 is 0 Å². The highest BCUT2D eigenvalue weighted by Crippen LogP contribution is 2.30. The third-order valence-corrected chi connectivity index (χ3v) is 4.89. The first-order valence-corrected chi connectivity index (χ1v) is 10.3. The first-order chi connectivity index (χ1) is 15.7. The summed E-state index contributed by atoms with van der Waals surface area (Å²) in [5.41, 5.74) is 0.207. The minimum absolute atomic E-state index is 0.0228. The predicted molar refractivity (Wildman–Crippen MR) is 119 cm³/mol. The molecule has 0 radical (unpaired) electrons. The van der Waals surface area contributed by atoms with E-state index in [0.29, 0.717) is 24.2 Å². The quantitative estimate of drug-likeness (QED) is 0.392. The molecule has 0 amide bonds. The van der Waals surface area contributed by atoms with Gasteiger partial charge in [0.2, 0.25) is 5.76 Å². The number of benzene rings is 2. The van der Waals surface area contributed by atoms with E-state index in [9.17, 15) is 29.7 Å². The minimum atomic E-state index is -1.35. The molecule has 0 saturated carbocycles. The topological polar surface area (TPSA) is 144 Å². The molecule has 3 rings (SSSR count). The van der Waals surface area contributed by atoms with Gasteiger partial charge in [-0.1, -0.05) is 19.4 Å². The van der Waals surface area contributed by atoms with Crippen LogP contribution in [0.2, 0.25) is 0 Å². The van der Waals surface area contributed by atoms with Crippen molar-refractivity contribution in [1.82, 2.24) is 0 Å². The van der Waals surface area contributed by atoms with Crippen LogP contribution in [0.3, 0.4) is 0 Å². The van der Waals surface area contributed by atoms with Crippen molar-refractivity contribution in [3.05, 3.63) is 63.5 Å². The number of rotatable bonds is 10. The normalized spacial score (nSPS) is 11.8. The molecule has 3 N–H and O–H groups in total. The molecule has 0 aliphatic rings. The van der Waals surface area contributed by atoms with Crippen LogP contribution in [0.5, 0.6) is 17.2 Å². The molecular weight excluding hydrogens is 432 g/mol. The maximum Gasteiger partial charge on any atom is 0.371 e. The Morgan fingerprint density at radius 1 is 1.09 bits per heavy atom. The molecule has 1 atom stereocenters. The highest BCUT2D eigenvalue weighted by molar-refractivity contribution is 5.99. The van der Waals surface area contributed by atoms with Gasteiger partial charge in [-0.05, 0) is 37.6 Å². The van der Waals surface area contributed by atoms with E-state index in [1.165, 1.54) is 31.2 Å². The fourth-order valence-corrected chi connectivity index (χ4v) is 3.40. The average Bonchev–Trinajstić information content (AvgIpc) is 2.76. The number of aliphatic hydroxyl groups is 1. The second-order valence-corrected chi connectivity index (χ2v) is 7.43. The van der Waals surface area contributed by atoms with E-state index in [0.717, 1.165) is 6.07 Å². The van der Waals surface area contributed by atoms with Crippen LogP contribution in [0.25, 0.3) is 11.0 Å². The molecule has 174 valence electrons. The van der Waals surface area contributed by atoms with E-state index in [-0.39, 0.29) is 47.0 Å². The van der Waals surface area contributed by atoms with Crippen molar-refractivity contribution in [3.8, 4) is 17.2 Å². The lowest BCUT2D eigenvalue weighted by Gasteiger charge is -2.17. The minimum Gasteiger partial charge on any atom is -0.507 e. The number of aromatic hydroxyl groups is 1. The first kappa shape index (κ1) is 23.8. The average molecular weight is 456 g/mol. The number of Topliss-reactive ketones (excluding diaryl/α,β-unsaturated/α-hetero) is 1. The number of hydrogen-bond acceptors (Lipinski definition) is 8. The van der Waals surface area contributed by atoms with Gasteiger partial charge >= 0.3 is 5.97 Å². The summed E-state index contributed by atoms with van der Waals surface area (Å²) >= 11 is 0. The lowest BCUT2D eigenvalue weighted by atomic mass is 10.0. The zero-order chi connectivity index (χ0) is 24.1. The Hall–Kier alpha value is -3.85. The van der Waals surface area contributed by atoms with Gasteiger partial charge in [-0.2, -0.15) is 0 Å². The van der Waals surface area contributed by atoms with E-state index in [1.807, 2.05) is 6.92 Å². The van der Waals surface area contributed by atoms with Crippen molar-refractivity contribution >= 4 is 22.7 Å². The molecule has 0 aliphatic heterocycles. The molecule has 2 aromatic carbocycles. The van der Waals surface area contributed by atoms with E-state index < -0.39 is 23.3 Å². The number of phenols is 1. The van der Waals surface area contributed by atoms with E-state index in [1.54, 1.807) is 6.07 Å². The SMILES string of the molecule is CCCc1c(OCC(O)COc2cccc(O)c2C(C)=O)ccc2c(=O)cc(C(=O)O)oc12. The third-order valence-electron chi connectivity index (χ3n) is 4.89. The lowest BCUT2D eigenvalue weighted by Crippen LogP contribution is -2.25. The number of carbonyl (C=O) groups excluding carboxylic acids is 1. The monoisotopic (exact) mass is 456 g/mol. The number of hydrogen-bond donors (Lipinski definition) is 3. The Bertz CT molecular complexity index is 1240. The number of ketones is 1. The van der Waals surface area contributed by atoms with Gasteiger partial charge < -0.3 is 29.2 Å². The van der Waals surface area contributed by atoms with Crippen LogP contribution in [-0.4, -0.2) is 46.4 Å². The smallest absolute Gasteiger partial charge is 0.371 e. The van der Waals surface area contributed by atoms with Crippen molar-refractivity contribution in [2.24, 2.45) is 0 Å². The molecule has 1 aromatic heterocycles. The molecule has 1 heterocycles. The van der Waals surface area contributed by atoms with Crippen molar-refractivity contribution < 1.29 is 38.8 Å². The zero-order valence-corrected chi connectivity index (χ0v) is 18.2. The summed E-state index contributed by atoms with van der Waals surface area (Å²) in [4.78, 5) is 35.3. The Morgan fingerprint density at radius 3 is 2.42 bits per heavy atom. The summed E-state index contributed by atoms with van der Waals surface area (Å²) in [7, 11) is 0. The molecule has 0 fully saturated rings. The van der Waals surface area contributed by atoms with E-state index in [4.69, 9.17) is 13.9 Å². The highest BCUT2D eigenvalue weighted by atomic mass is 16.5. The van der Waals surface area contributed by atoms with Gasteiger partial charge in [-0.25, -0.2) is 4.79 Å². The van der Waals surface area contributed by atoms with Crippen LogP contribution in [0.15, 0.2) is 45.6 Å². The van der Waals surface area contributed by atoms with Crippen LogP contribution in [-0.2, 0) is 6.42 Å². The fraction of sp³-hybridized carbons (Fsp3) is 0.292. The Morgan fingerprint density at radius 2 is 1.79 bits per heavy atom. The number of carbonyl (C=O) groups is 2. The van der Waals surface area contributed by atoms with Gasteiger partial charge in [-0.15, -0.1) is 0 Å². The molecule has 0 saturated heterocycles. The van der Waals surface area contributed by atoms with Gasteiger partial charge in [0.1, 0.15) is 47.7 Å². The molecule has 9 nitrogen and oxygen atoms in total. The number of ether oxygens (including phenoxy) is 2. The largest absolute Gasteiger partial charge is 0.507 e. The number of phenolic OH excluding ortho intramolecular Hbond substituents is 1. The summed E-state index contributed by atoms with van der Waals surface area (Å²) < 4.78 is 16.7. The lowest BCUT2D eigenvalue weighted by molar-refractivity contribution is 0.0616. The van der Waals surface area contributed by atoms with Crippen LogP contribution < -0.4 is 14.9 Å². The van der Waals surface area contributed by atoms with Crippen molar-refractivity contribution in [2.45, 2.75) is 32.8 Å². The number of carboxylic acid groups (broad SMARTS) is 1. The number of aromatic carboxylic acids is 1. The second kappa shape index (κ2) is 10.2. The first-order valence-electron chi connectivity index (χ1n) is 10.3. The van der Waals surface area contributed by atoms with E-state index >= 15 is 0 Å². The van der Waals surface area contributed by atoms with Crippen LogP contribution in [0.1, 0.15) is 46.7 Å². The third kappa shape index (κ3) is 5.32. The van der Waals surface area contributed by atoms with Gasteiger partial charge in [-0.3, -0.25) is 9.59 Å². The zero-order valence-electron chi connectivity index (χ0n) is 18.2. The maximum atomic E-state index is 12.3.